The molecular formula is C29H25ClN6O2. The van der Waals surface area contributed by atoms with Gasteiger partial charge in [0, 0.05) is 35.2 Å². The Morgan fingerprint density at radius 1 is 1.11 bits per heavy atom. The van der Waals surface area contributed by atoms with E-state index in [1.807, 2.05) is 36.4 Å². The van der Waals surface area contributed by atoms with E-state index in [0.29, 0.717) is 50.9 Å². The minimum absolute atomic E-state index is 0.173. The summed E-state index contributed by atoms with van der Waals surface area (Å²) in [6.07, 6.45) is 6.64. The Balaban J connectivity index is 1.37. The van der Waals surface area contributed by atoms with E-state index in [9.17, 15) is 10.1 Å². The van der Waals surface area contributed by atoms with Crippen LogP contribution in [0.15, 0.2) is 78.6 Å². The van der Waals surface area contributed by atoms with Crippen LogP contribution in [0.4, 0.5) is 17.1 Å². The second-order valence-electron chi connectivity index (χ2n) is 8.81. The molecule has 0 spiro atoms. The number of hydrogen-bond donors (Lipinski definition) is 3. The normalized spacial score (nSPS) is 13.0. The molecule has 0 saturated carbocycles. The van der Waals surface area contributed by atoms with Crippen molar-refractivity contribution in [2.45, 2.75) is 19.4 Å². The van der Waals surface area contributed by atoms with Crippen molar-refractivity contribution in [3.8, 4) is 11.8 Å². The summed E-state index contributed by atoms with van der Waals surface area (Å²) in [5, 5.41) is 20.4. The summed E-state index contributed by atoms with van der Waals surface area (Å²) in [4.78, 5) is 21.3. The number of carbonyl (C=O) groups is 1. The molecule has 1 amide bonds. The van der Waals surface area contributed by atoms with Crippen LogP contribution in [-0.4, -0.2) is 29.0 Å². The number of aromatic nitrogens is 2. The Labute approximate surface area is 225 Å². The molecule has 9 heteroatoms. The summed E-state index contributed by atoms with van der Waals surface area (Å²) in [6, 6.07) is 18.6. The summed E-state index contributed by atoms with van der Waals surface area (Å²) >= 11 is 6.50. The first-order valence-corrected chi connectivity index (χ1v) is 12.6. The smallest absolute Gasteiger partial charge is 0.248 e. The highest BCUT2D eigenvalue weighted by Gasteiger charge is 2.13. The average molecular weight is 525 g/mol. The zero-order chi connectivity index (χ0) is 26.3. The van der Waals surface area contributed by atoms with Crippen LogP contribution in [0.1, 0.15) is 24.1 Å². The van der Waals surface area contributed by atoms with E-state index in [0.717, 1.165) is 37.2 Å². The number of nitriles is 1. The quantitative estimate of drug-likeness (QED) is 0.265. The summed E-state index contributed by atoms with van der Waals surface area (Å²) in [6.45, 7) is 2.06. The number of nitrogens with one attached hydrogen (secondary N) is 3. The molecule has 2 aromatic heterocycles. The lowest BCUT2D eigenvalue weighted by atomic mass is 10.1. The molecule has 0 bridgehead atoms. The van der Waals surface area contributed by atoms with Gasteiger partial charge >= 0.3 is 0 Å². The van der Waals surface area contributed by atoms with Crippen LogP contribution in [0.5, 0.6) is 5.75 Å². The second-order valence-corrected chi connectivity index (χ2v) is 9.22. The average Bonchev–Trinajstić information content (AvgIpc) is 2.94. The van der Waals surface area contributed by atoms with E-state index in [2.05, 4.69) is 32.0 Å². The first-order valence-electron chi connectivity index (χ1n) is 12.2. The number of nitrogens with zero attached hydrogens (tertiary/aromatic N) is 3. The molecule has 5 rings (SSSR count). The van der Waals surface area contributed by atoms with Gasteiger partial charge in [-0.15, -0.1) is 0 Å². The van der Waals surface area contributed by atoms with Gasteiger partial charge < -0.3 is 20.7 Å². The minimum Gasteiger partial charge on any atom is -0.486 e. The second kappa shape index (κ2) is 11.7. The van der Waals surface area contributed by atoms with Gasteiger partial charge in [0.25, 0.3) is 0 Å². The van der Waals surface area contributed by atoms with Gasteiger partial charge in [0.15, 0.2) is 0 Å². The Kier molecular flexibility index (Phi) is 7.78. The summed E-state index contributed by atoms with van der Waals surface area (Å²) < 4.78 is 5.82. The molecule has 190 valence electrons. The standard InChI is InChI=1S/C29H25ClN6O2/c30-25-15-22(5-7-27(25)38-18-23-3-1-2-10-33-23)36-29-20(16-31)17-34-26-6-4-21(14-24(26)29)35-28(37)13-19-8-11-32-12-9-19/h1-7,10,13-15,17,32H,8-9,11-12,18H2,(H,34,36)(H,35,37). The molecule has 0 aliphatic carbocycles. The zero-order valence-electron chi connectivity index (χ0n) is 20.5. The predicted molar refractivity (Wildman–Crippen MR) is 149 cm³/mol. The predicted octanol–water partition coefficient (Wildman–Crippen LogP) is 5.73. The van der Waals surface area contributed by atoms with Crippen molar-refractivity contribution < 1.29 is 9.53 Å². The first kappa shape index (κ1) is 25.2. The number of ether oxygens (including phenoxy) is 1. The van der Waals surface area contributed by atoms with Crippen molar-refractivity contribution >= 4 is 45.5 Å². The zero-order valence-corrected chi connectivity index (χ0v) is 21.3. The summed E-state index contributed by atoms with van der Waals surface area (Å²) in [7, 11) is 0. The van der Waals surface area contributed by atoms with Crippen LogP contribution in [-0.2, 0) is 11.4 Å². The molecule has 1 fully saturated rings. The molecule has 0 atom stereocenters. The van der Waals surface area contributed by atoms with E-state index in [-0.39, 0.29) is 5.91 Å². The van der Waals surface area contributed by atoms with Gasteiger partial charge in [-0.05, 0) is 74.5 Å². The van der Waals surface area contributed by atoms with E-state index in [1.165, 1.54) is 6.20 Å². The fourth-order valence-corrected chi connectivity index (χ4v) is 4.46. The number of anilines is 3. The number of carbonyl (C=O) groups excluding carboxylic acids is 1. The number of benzene rings is 2. The monoisotopic (exact) mass is 524 g/mol. The molecule has 1 aliphatic heterocycles. The highest BCUT2D eigenvalue weighted by Crippen LogP contribution is 2.34. The maximum Gasteiger partial charge on any atom is 0.248 e. The topological polar surface area (TPSA) is 112 Å². The maximum atomic E-state index is 12.6. The van der Waals surface area contributed by atoms with Crippen molar-refractivity contribution in [1.29, 1.82) is 5.26 Å². The molecule has 38 heavy (non-hydrogen) atoms. The summed E-state index contributed by atoms with van der Waals surface area (Å²) in [5.74, 6) is 0.351. The lowest BCUT2D eigenvalue weighted by Crippen LogP contribution is -2.24. The van der Waals surface area contributed by atoms with Gasteiger partial charge in [-0.1, -0.05) is 23.2 Å². The number of piperidine rings is 1. The fourth-order valence-electron chi connectivity index (χ4n) is 4.22. The highest BCUT2D eigenvalue weighted by molar-refractivity contribution is 6.32. The van der Waals surface area contributed by atoms with Crippen LogP contribution >= 0.6 is 11.6 Å². The Morgan fingerprint density at radius 3 is 2.71 bits per heavy atom. The molecule has 1 saturated heterocycles. The molecule has 2 aromatic carbocycles. The van der Waals surface area contributed by atoms with Crippen LogP contribution in [0, 0.1) is 11.3 Å². The largest absolute Gasteiger partial charge is 0.486 e. The number of pyridine rings is 2. The SMILES string of the molecule is N#Cc1cnc2ccc(NC(=O)C=C3CCNCC3)cc2c1Nc1ccc(OCc2ccccn2)c(Cl)c1. The molecule has 4 aromatic rings. The number of hydrogen-bond acceptors (Lipinski definition) is 7. The molecule has 8 nitrogen and oxygen atoms in total. The van der Waals surface area contributed by atoms with Crippen LogP contribution in [0.25, 0.3) is 10.9 Å². The van der Waals surface area contributed by atoms with Crippen LogP contribution < -0.4 is 20.7 Å². The Hall–Kier alpha value is -4.45. The van der Waals surface area contributed by atoms with Crippen molar-refractivity contribution in [2.24, 2.45) is 0 Å². The van der Waals surface area contributed by atoms with Crippen molar-refractivity contribution in [3.63, 3.8) is 0 Å². The molecule has 3 N–H and O–H groups in total. The first-order chi connectivity index (χ1) is 18.6. The third kappa shape index (κ3) is 6.09. The number of halogens is 1. The maximum absolute atomic E-state index is 12.6. The number of amides is 1. The molecule has 1 aliphatic rings. The Morgan fingerprint density at radius 2 is 1.95 bits per heavy atom. The number of fused-ring (bicyclic) bond motifs is 1. The van der Waals surface area contributed by atoms with Gasteiger partial charge in [0.2, 0.25) is 5.91 Å². The molecular weight excluding hydrogens is 500 g/mol. The van der Waals surface area contributed by atoms with Gasteiger partial charge in [0.05, 0.1) is 27.5 Å². The van der Waals surface area contributed by atoms with E-state index in [1.54, 1.807) is 30.5 Å². The van der Waals surface area contributed by atoms with E-state index >= 15 is 0 Å². The van der Waals surface area contributed by atoms with Crippen molar-refractivity contribution in [1.82, 2.24) is 15.3 Å². The van der Waals surface area contributed by atoms with E-state index in [4.69, 9.17) is 16.3 Å². The van der Waals surface area contributed by atoms with Crippen LogP contribution in [0.3, 0.4) is 0 Å². The third-order valence-corrected chi connectivity index (χ3v) is 6.44. The fraction of sp³-hybridized carbons (Fsp3) is 0.172. The lowest BCUT2D eigenvalue weighted by Gasteiger charge is -2.15. The highest BCUT2D eigenvalue weighted by atomic mass is 35.5. The summed E-state index contributed by atoms with van der Waals surface area (Å²) in [5.41, 5.74) is 4.83. The van der Waals surface area contributed by atoms with Gasteiger partial charge in [-0.2, -0.15) is 5.26 Å². The van der Waals surface area contributed by atoms with Gasteiger partial charge in [-0.25, -0.2) is 0 Å². The van der Waals surface area contributed by atoms with Gasteiger partial charge in [0.1, 0.15) is 18.4 Å². The van der Waals surface area contributed by atoms with Crippen molar-refractivity contribution in [3.05, 3.63) is 94.9 Å². The lowest BCUT2D eigenvalue weighted by molar-refractivity contribution is -0.112. The van der Waals surface area contributed by atoms with E-state index < -0.39 is 0 Å². The minimum atomic E-state index is -0.173. The third-order valence-electron chi connectivity index (χ3n) is 6.14. The number of rotatable bonds is 7. The molecule has 0 unspecified atom stereocenters. The van der Waals surface area contributed by atoms with Crippen LogP contribution in [0.2, 0.25) is 5.02 Å². The van der Waals surface area contributed by atoms with Crippen molar-refractivity contribution in [2.75, 3.05) is 23.7 Å². The molecule has 0 radical (unpaired) electrons. The molecule has 3 heterocycles. The Bertz CT molecular complexity index is 1540. The van der Waals surface area contributed by atoms with Gasteiger partial charge in [-0.3, -0.25) is 14.8 Å².